The number of nitrogens with one attached hydrogen (secondary N) is 2. The number of amides is 3. The van der Waals surface area contributed by atoms with Gasteiger partial charge in [-0.2, -0.15) is 0 Å². The summed E-state index contributed by atoms with van der Waals surface area (Å²) >= 11 is 0. The highest BCUT2D eigenvalue weighted by atomic mass is 16.5. The minimum atomic E-state index is -0.467. The molecule has 0 bridgehead atoms. The molecule has 59 heavy (non-hydrogen) atoms. The summed E-state index contributed by atoms with van der Waals surface area (Å²) in [5, 5.41) is 6.68. The van der Waals surface area contributed by atoms with E-state index >= 15 is 0 Å². The van der Waals surface area contributed by atoms with E-state index in [9.17, 15) is 14.4 Å². The maximum absolute atomic E-state index is 13.8. The fourth-order valence-corrected chi connectivity index (χ4v) is 7.45. The van der Waals surface area contributed by atoms with Crippen LogP contribution in [0.25, 0.3) is 0 Å². The van der Waals surface area contributed by atoms with Gasteiger partial charge in [-0.15, -0.1) is 0 Å². The molecule has 310 valence electrons. The first-order valence-electron chi connectivity index (χ1n) is 21.3. The van der Waals surface area contributed by atoms with Crippen LogP contribution < -0.4 is 15.4 Å². The molecule has 1 heterocycles. The van der Waals surface area contributed by atoms with Gasteiger partial charge in [-0.3, -0.25) is 14.4 Å². The molecule has 1 aliphatic heterocycles. The van der Waals surface area contributed by atoms with Crippen LogP contribution in [-0.4, -0.2) is 78.9 Å². The molecule has 2 aliphatic rings. The van der Waals surface area contributed by atoms with Crippen molar-refractivity contribution in [1.29, 1.82) is 0 Å². The zero-order chi connectivity index (χ0) is 41.7. The second kappa shape index (κ2) is 24.3. The number of likely N-dealkylation sites (tertiary alicyclic amines) is 1. The van der Waals surface area contributed by atoms with Gasteiger partial charge >= 0.3 is 0 Å². The van der Waals surface area contributed by atoms with Crippen LogP contribution in [-0.2, 0) is 16.0 Å². The van der Waals surface area contributed by atoms with E-state index in [0.29, 0.717) is 56.7 Å². The highest BCUT2D eigenvalue weighted by Crippen LogP contribution is 2.25. The lowest BCUT2D eigenvalue weighted by Gasteiger charge is -2.27. The Balaban J connectivity index is 1.03. The van der Waals surface area contributed by atoms with Crippen LogP contribution in [0.5, 0.6) is 5.75 Å². The van der Waals surface area contributed by atoms with E-state index in [1.165, 1.54) is 11.1 Å². The minimum absolute atomic E-state index is 0.00153. The Hall–Kier alpha value is -5.73. The standard InChI is InChI=1S/C51H62N4O4/c1-4-7-21-44(39-59-46-23-12-9-13-24-46)50(57)54(35-5-2)37-34-52-33-16-20-40(6-3)27-28-41-29-31-45(32-30-41)53-49(56)48-26-17-36-55(48)51(58)47-25-15-14-22-43(47)38-42-18-10-8-11-19-42/h4,6-16,18-25,29-31,45,48,52H,5,17,26-28,32-39H2,1-3H3,(H,53,56)/b7-4-,20-16-,40-6+,44-21+. The summed E-state index contributed by atoms with van der Waals surface area (Å²) in [6, 6.07) is 26.9. The van der Waals surface area contributed by atoms with E-state index in [0.717, 1.165) is 49.0 Å². The number of para-hydroxylation sites is 1. The van der Waals surface area contributed by atoms with Crippen molar-refractivity contribution < 1.29 is 19.1 Å². The summed E-state index contributed by atoms with van der Waals surface area (Å²) in [6.45, 7) is 9.57. The fourth-order valence-electron chi connectivity index (χ4n) is 7.45. The summed E-state index contributed by atoms with van der Waals surface area (Å²) in [7, 11) is 0. The fraction of sp³-hybridized carbons (Fsp3) is 0.353. The van der Waals surface area contributed by atoms with Crippen LogP contribution in [0.2, 0.25) is 0 Å². The molecule has 5 rings (SSSR count). The summed E-state index contributed by atoms with van der Waals surface area (Å²) in [5.74, 6) is 0.586. The topological polar surface area (TPSA) is 91.0 Å². The SMILES string of the molecule is C/C=C\C=C(/COc1ccccc1)C(=O)N(CCC)CCNC/C=C\C(=C/C)CCC1=CCC(NC(=O)C2CCCN2C(=O)c2ccccc2Cc2ccccc2)C=C1. The van der Waals surface area contributed by atoms with Gasteiger partial charge in [0, 0.05) is 38.3 Å². The number of carbonyl (C=O) groups is 3. The van der Waals surface area contributed by atoms with E-state index in [2.05, 4.69) is 73.1 Å². The van der Waals surface area contributed by atoms with Gasteiger partial charge in [-0.25, -0.2) is 0 Å². The van der Waals surface area contributed by atoms with Gasteiger partial charge in [0.15, 0.2) is 0 Å². The molecular weight excluding hydrogens is 733 g/mol. The van der Waals surface area contributed by atoms with Gasteiger partial charge in [-0.1, -0.05) is 139 Å². The molecule has 8 heteroatoms. The highest BCUT2D eigenvalue weighted by molar-refractivity contribution is 5.99. The molecule has 2 unspecified atom stereocenters. The third-order valence-corrected chi connectivity index (χ3v) is 10.7. The number of ether oxygens (including phenoxy) is 1. The van der Waals surface area contributed by atoms with E-state index in [-0.39, 0.29) is 30.4 Å². The van der Waals surface area contributed by atoms with Crippen LogP contribution in [0.1, 0.15) is 80.8 Å². The normalized spacial score (nSPS) is 17.1. The molecule has 0 saturated carbocycles. The van der Waals surface area contributed by atoms with Crippen molar-refractivity contribution in [3.8, 4) is 5.75 Å². The summed E-state index contributed by atoms with van der Waals surface area (Å²) in [6.07, 6.45) is 24.1. The second-order valence-electron chi connectivity index (χ2n) is 15.0. The summed E-state index contributed by atoms with van der Waals surface area (Å²) in [4.78, 5) is 44.6. The highest BCUT2D eigenvalue weighted by Gasteiger charge is 2.35. The van der Waals surface area contributed by atoms with Gasteiger partial charge in [0.1, 0.15) is 18.4 Å². The maximum atomic E-state index is 13.8. The molecule has 0 aromatic heterocycles. The predicted octanol–water partition coefficient (Wildman–Crippen LogP) is 8.95. The van der Waals surface area contributed by atoms with Gasteiger partial charge in [0.05, 0.1) is 11.6 Å². The first-order chi connectivity index (χ1) is 28.9. The summed E-state index contributed by atoms with van der Waals surface area (Å²) < 4.78 is 5.92. The van der Waals surface area contributed by atoms with Crippen molar-refractivity contribution >= 4 is 17.7 Å². The zero-order valence-corrected chi connectivity index (χ0v) is 35.2. The lowest BCUT2D eigenvalue weighted by Crippen LogP contribution is -2.48. The number of benzene rings is 3. The second-order valence-corrected chi connectivity index (χ2v) is 15.0. The average molecular weight is 795 g/mol. The molecule has 0 spiro atoms. The first-order valence-corrected chi connectivity index (χ1v) is 21.3. The van der Waals surface area contributed by atoms with Crippen LogP contribution in [0, 0.1) is 0 Å². The molecule has 3 amide bonds. The molecule has 1 aliphatic carbocycles. The monoisotopic (exact) mass is 794 g/mol. The molecule has 0 radical (unpaired) electrons. The van der Waals surface area contributed by atoms with Gasteiger partial charge in [0.25, 0.3) is 11.8 Å². The number of rotatable bonds is 21. The Kier molecular flexibility index (Phi) is 18.2. The van der Waals surface area contributed by atoms with Crippen molar-refractivity contribution in [2.75, 3.05) is 39.3 Å². The van der Waals surface area contributed by atoms with Crippen molar-refractivity contribution in [2.45, 2.75) is 77.8 Å². The molecule has 2 N–H and O–H groups in total. The average Bonchev–Trinajstić information content (AvgIpc) is 3.77. The molecule has 1 fully saturated rings. The van der Waals surface area contributed by atoms with Gasteiger partial charge < -0.3 is 25.2 Å². The van der Waals surface area contributed by atoms with Crippen LogP contribution in [0.3, 0.4) is 0 Å². The molecule has 3 aromatic carbocycles. The van der Waals surface area contributed by atoms with Crippen LogP contribution in [0.15, 0.2) is 156 Å². The van der Waals surface area contributed by atoms with E-state index < -0.39 is 6.04 Å². The first kappa shape index (κ1) is 44.4. The maximum Gasteiger partial charge on any atom is 0.254 e. The number of hydrogen-bond acceptors (Lipinski definition) is 5. The number of hydrogen-bond donors (Lipinski definition) is 2. The predicted molar refractivity (Wildman–Crippen MR) is 240 cm³/mol. The Morgan fingerprint density at radius 2 is 1.71 bits per heavy atom. The van der Waals surface area contributed by atoms with Gasteiger partial charge in [0.2, 0.25) is 5.91 Å². The number of carbonyl (C=O) groups excluding carboxylic acids is 3. The summed E-state index contributed by atoms with van der Waals surface area (Å²) in [5.41, 5.74) is 5.94. The van der Waals surface area contributed by atoms with E-state index in [1.54, 1.807) is 4.90 Å². The molecule has 8 nitrogen and oxygen atoms in total. The third kappa shape index (κ3) is 14.0. The Labute approximate surface area is 352 Å². The van der Waals surface area contributed by atoms with Crippen molar-refractivity contribution in [1.82, 2.24) is 20.4 Å². The van der Waals surface area contributed by atoms with Crippen molar-refractivity contribution in [3.05, 3.63) is 173 Å². The number of nitrogens with zero attached hydrogens (tertiary/aromatic N) is 2. The van der Waals surface area contributed by atoms with Gasteiger partial charge in [-0.05, 0) is 88.1 Å². The van der Waals surface area contributed by atoms with Crippen LogP contribution >= 0.6 is 0 Å². The third-order valence-electron chi connectivity index (χ3n) is 10.7. The number of allylic oxidation sites excluding steroid dienone is 8. The zero-order valence-electron chi connectivity index (χ0n) is 35.2. The molecule has 1 saturated heterocycles. The molecule has 2 atom stereocenters. The largest absolute Gasteiger partial charge is 0.489 e. The lowest BCUT2D eigenvalue weighted by atomic mass is 9.97. The lowest BCUT2D eigenvalue weighted by molar-refractivity contribution is -0.127. The quantitative estimate of drug-likeness (QED) is 0.0639. The molecule has 3 aromatic rings. The Bertz CT molecular complexity index is 2000. The minimum Gasteiger partial charge on any atom is -0.489 e. The van der Waals surface area contributed by atoms with E-state index in [1.807, 2.05) is 103 Å². The molecular formula is C51H62N4O4. The van der Waals surface area contributed by atoms with Crippen LogP contribution in [0.4, 0.5) is 0 Å². The van der Waals surface area contributed by atoms with E-state index in [4.69, 9.17) is 4.74 Å². The van der Waals surface area contributed by atoms with Crippen molar-refractivity contribution in [2.24, 2.45) is 0 Å². The van der Waals surface area contributed by atoms with Crippen molar-refractivity contribution in [3.63, 3.8) is 0 Å². The smallest absolute Gasteiger partial charge is 0.254 e. The Morgan fingerprint density at radius 1 is 0.949 bits per heavy atom. The Morgan fingerprint density at radius 3 is 2.44 bits per heavy atom.